The summed E-state index contributed by atoms with van der Waals surface area (Å²) in [7, 11) is -0.976. The summed E-state index contributed by atoms with van der Waals surface area (Å²) in [6, 6.07) is 15.3. The van der Waals surface area contributed by atoms with Crippen molar-refractivity contribution in [1.82, 2.24) is 4.31 Å². The zero-order valence-corrected chi connectivity index (χ0v) is 19.8. The highest BCUT2D eigenvalue weighted by Crippen LogP contribution is 2.29. The van der Waals surface area contributed by atoms with Gasteiger partial charge in [0.1, 0.15) is 10.6 Å². The number of sulfonamides is 1. The number of anilines is 2. The molecule has 33 heavy (non-hydrogen) atoms. The molecule has 0 heterocycles. The highest BCUT2D eigenvalue weighted by Gasteiger charge is 2.23. The molecule has 0 aliphatic rings. The second-order valence-corrected chi connectivity index (χ2v) is 9.34. The largest absolute Gasteiger partial charge is 0.492 e. The van der Waals surface area contributed by atoms with Crippen LogP contribution in [0.5, 0.6) is 5.75 Å². The number of benzene rings is 2. The Morgan fingerprint density at radius 1 is 1.09 bits per heavy atom. The second kappa shape index (κ2) is 12.0. The average molecular weight is 473 g/mol. The van der Waals surface area contributed by atoms with Gasteiger partial charge in [0.05, 0.1) is 19.1 Å². The van der Waals surface area contributed by atoms with E-state index in [0.717, 1.165) is 4.31 Å². The second-order valence-electron chi connectivity index (χ2n) is 7.22. The molecule has 2 aromatic carbocycles. The van der Waals surface area contributed by atoms with Gasteiger partial charge in [-0.1, -0.05) is 18.2 Å². The summed E-state index contributed by atoms with van der Waals surface area (Å²) < 4.78 is 31.8. The lowest BCUT2D eigenvalue weighted by molar-refractivity contribution is -0.122. The summed E-state index contributed by atoms with van der Waals surface area (Å²) in [5.41, 5.74) is 0.934. The van der Waals surface area contributed by atoms with Gasteiger partial charge in [0, 0.05) is 44.9 Å². The topological polar surface area (TPSA) is 120 Å². The van der Waals surface area contributed by atoms with Crippen molar-refractivity contribution in [2.24, 2.45) is 0 Å². The summed E-state index contributed by atoms with van der Waals surface area (Å²) in [6.45, 7) is 2.26. The fraction of sp³-hybridized carbons (Fsp3) is 0.348. The molecule has 0 saturated heterocycles. The number of hydrogen-bond acceptors (Lipinski definition) is 6. The summed E-state index contributed by atoms with van der Waals surface area (Å²) in [5, 5.41) is 11.5. The number of para-hydroxylation sites is 1. The van der Waals surface area contributed by atoms with Gasteiger partial charge in [-0.15, -0.1) is 0 Å². The molecule has 2 rings (SSSR count). The maximum atomic E-state index is 12.7. The summed E-state index contributed by atoms with van der Waals surface area (Å²) in [5.74, 6) is -0.529. The molecule has 2 aromatic rings. The van der Waals surface area contributed by atoms with Crippen LogP contribution in [0.3, 0.4) is 0 Å². The zero-order chi connectivity index (χ0) is 24.4. The number of nitrogens with zero attached hydrogens (tertiary/aromatic N) is 3. The van der Waals surface area contributed by atoms with Gasteiger partial charge in [-0.2, -0.15) is 5.26 Å². The number of rotatable bonds is 11. The number of amides is 2. The summed E-state index contributed by atoms with van der Waals surface area (Å²) >= 11 is 0. The van der Waals surface area contributed by atoms with Gasteiger partial charge in [-0.25, -0.2) is 12.7 Å². The van der Waals surface area contributed by atoms with Crippen molar-refractivity contribution in [1.29, 1.82) is 5.26 Å². The van der Waals surface area contributed by atoms with Crippen molar-refractivity contribution in [3.8, 4) is 11.8 Å². The van der Waals surface area contributed by atoms with Gasteiger partial charge in [-0.05, 0) is 37.3 Å². The van der Waals surface area contributed by atoms with Crippen LogP contribution < -0.4 is 15.0 Å². The molecule has 0 spiro atoms. The van der Waals surface area contributed by atoms with Gasteiger partial charge in [0.15, 0.2) is 0 Å². The van der Waals surface area contributed by atoms with Crippen LogP contribution in [0.1, 0.15) is 26.2 Å². The molecule has 176 valence electrons. The Morgan fingerprint density at radius 2 is 1.79 bits per heavy atom. The predicted molar refractivity (Wildman–Crippen MR) is 125 cm³/mol. The Labute approximate surface area is 194 Å². The van der Waals surface area contributed by atoms with E-state index in [9.17, 15) is 18.0 Å². The molecule has 0 unspecified atom stereocenters. The van der Waals surface area contributed by atoms with Crippen LogP contribution in [0.15, 0.2) is 53.4 Å². The molecule has 0 radical (unpaired) electrons. The quantitative estimate of drug-likeness (QED) is 0.537. The van der Waals surface area contributed by atoms with E-state index in [2.05, 4.69) is 5.32 Å². The molecule has 0 fully saturated rings. The molecule has 1 N–H and O–H groups in total. The average Bonchev–Trinajstić information content (AvgIpc) is 2.79. The Kier molecular flexibility index (Phi) is 9.39. The van der Waals surface area contributed by atoms with E-state index in [-0.39, 0.29) is 54.7 Å². The molecule has 2 amide bonds. The first kappa shape index (κ1) is 25.8. The van der Waals surface area contributed by atoms with E-state index < -0.39 is 15.9 Å². The fourth-order valence-electron chi connectivity index (χ4n) is 3.01. The maximum absolute atomic E-state index is 12.7. The van der Waals surface area contributed by atoms with Crippen LogP contribution >= 0.6 is 0 Å². The first-order valence-corrected chi connectivity index (χ1v) is 11.9. The molecule has 0 atom stereocenters. The predicted octanol–water partition coefficient (Wildman–Crippen LogP) is 3.00. The molecule has 0 aliphatic carbocycles. The van der Waals surface area contributed by atoms with Crippen LogP contribution in [0.4, 0.5) is 11.4 Å². The Bertz CT molecular complexity index is 1110. The Balaban J connectivity index is 2.11. The van der Waals surface area contributed by atoms with E-state index >= 15 is 0 Å². The van der Waals surface area contributed by atoms with Crippen molar-refractivity contribution >= 4 is 33.2 Å². The lowest BCUT2D eigenvalue weighted by atomic mass is 10.2. The van der Waals surface area contributed by atoms with Crippen LogP contribution in [0.25, 0.3) is 0 Å². The van der Waals surface area contributed by atoms with Gasteiger partial charge >= 0.3 is 0 Å². The monoisotopic (exact) mass is 472 g/mol. The van der Waals surface area contributed by atoms with Crippen LogP contribution in [0.2, 0.25) is 0 Å². The van der Waals surface area contributed by atoms with Gasteiger partial charge in [-0.3, -0.25) is 9.59 Å². The molecular formula is C23H28N4O5S. The van der Waals surface area contributed by atoms with Crippen molar-refractivity contribution < 1.29 is 22.7 Å². The molecule has 9 nitrogen and oxygen atoms in total. The van der Waals surface area contributed by atoms with Gasteiger partial charge in [0.25, 0.3) is 0 Å². The van der Waals surface area contributed by atoms with Crippen LogP contribution in [-0.2, 0) is 19.6 Å². The first-order valence-electron chi connectivity index (χ1n) is 10.4. The van der Waals surface area contributed by atoms with Gasteiger partial charge < -0.3 is 15.0 Å². The van der Waals surface area contributed by atoms with Gasteiger partial charge in [0.2, 0.25) is 21.8 Å². The third kappa shape index (κ3) is 7.03. The molecule has 0 saturated carbocycles. The van der Waals surface area contributed by atoms with Crippen molar-refractivity contribution in [3.63, 3.8) is 0 Å². The number of hydrogen-bond donors (Lipinski definition) is 1. The minimum absolute atomic E-state index is 0.0602. The fourth-order valence-corrected chi connectivity index (χ4v) is 4.06. The van der Waals surface area contributed by atoms with E-state index in [1.54, 1.807) is 37.3 Å². The SMILES string of the molecule is CCOc1ccc(NC(=O)CCC(=O)N(CCC#N)c2ccccc2)cc1S(=O)(=O)N(C)C. The van der Waals surface area contributed by atoms with Crippen molar-refractivity contribution in [2.45, 2.75) is 31.1 Å². The molecular weight excluding hydrogens is 444 g/mol. The normalized spacial score (nSPS) is 11.0. The number of ether oxygens (including phenoxy) is 1. The van der Waals surface area contributed by atoms with E-state index in [0.29, 0.717) is 5.69 Å². The third-order valence-corrected chi connectivity index (χ3v) is 6.50. The van der Waals surface area contributed by atoms with E-state index in [1.807, 2.05) is 12.1 Å². The minimum Gasteiger partial charge on any atom is -0.492 e. The zero-order valence-electron chi connectivity index (χ0n) is 18.9. The Morgan fingerprint density at radius 3 is 2.39 bits per heavy atom. The summed E-state index contributed by atoms with van der Waals surface area (Å²) in [6.07, 6.45) is 0.00582. The van der Waals surface area contributed by atoms with Crippen molar-refractivity contribution in [3.05, 3.63) is 48.5 Å². The number of nitrogens with one attached hydrogen (secondary N) is 1. The summed E-state index contributed by atoms with van der Waals surface area (Å²) in [4.78, 5) is 26.6. The lowest BCUT2D eigenvalue weighted by Gasteiger charge is -2.21. The highest BCUT2D eigenvalue weighted by atomic mass is 32.2. The number of carbonyl (C=O) groups is 2. The first-order chi connectivity index (χ1) is 15.7. The van der Waals surface area contributed by atoms with Crippen LogP contribution in [-0.4, -0.2) is 51.8 Å². The molecule has 0 bridgehead atoms. The number of nitriles is 1. The minimum atomic E-state index is -3.79. The van der Waals surface area contributed by atoms with E-state index in [1.165, 1.54) is 31.1 Å². The highest BCUT2D eigenvalue weighted by molar-refractivity contribution is 7.89. The van der Waals surface area contributed by atoms with Crippen LogP contribution in [0, 0.1) is 11.3 Å². The Hall–Kier alpha value is -3.42. The maximum Gasteiger partial charge on any atom is 0.246 e. The van der Waals surface area contributed by atoms with Crippen molar-refractivity contribution in [2.75, 3.05) is 37.5 Å². The standard InChI is InChI=1S/C23H28N4O5S/c1-4-32-20-12-11-18(17-21(20)33(30,31)26(2)3)25-22(28)13-14-23(29)27(16-8-15-24)19-9-6-5-7-10-19/h5-7,9-12,17H,4,8,13-14,16H2,1-3H3,(H,25,28). The smallest absolute Gasteiger partial charge is 0.246 e. The molecule has 0 aliphatic heterocycles. The molecule has 10 heteroatoms. The lowest BCUT2D eigenvalue weighted by Crippen LogP contribution is -2.32. The van der Waals surface area contributed by atoms with E-state index in [4.69, 9.17) is 10.00 Å². The molecule has 0 aromatic heterocycles. The third-order valence-electron chi connectivity index (χ3n) is 4.67. The number of carbonyl (C=O) groups excluding carboxylic acids is 2.